The summed E-state index contributed by atoms with van der Waals surface area (Å²) < 4.78 is 5.23. The standard InChI is InChI=1S/C15H13Cl2N3OS/c1-21-14-8-3-2-7-13(14)19-15(22)20-18-9-10-11(16)5-4-6-12(10)17/h2-9H,1H3,(H2,19,20,22)/b18-9-. The monoisotopic (exact) mass is 353 g/mol. The molecule has 0 aliphatic heterocycles. The molecule has 0 bridgehead atoms. The molecule has 0 unspecified atom stereocenters. The van der Waals surface area contributed by atoms with E-state index in [9.17, 15) is 0 Å². The fraction of sp³-hybridized carbons (Fsp3) is 0.0667. The largest absolute Gasteiger partial charge is 0.495 e. The lowest BCUT2D eigenvalue weighted by Gasteiger charge is -2.10. The van der Waals surface area contributed by atoms with Crippen LogP contribution in [0.15, 0.2) is 47.6 Å². The fourth-order valence-electron chi connectivity index (χ4n) is 1.69. The number of hydrogen-bond donors (Lipinski definition) is 2. The van der Waals surface area contributed by atoms with Gasteiger partial charge >= 0.3 is 0 Å². The maximum absolute atomic E-state index is 6.05. The van der Waals surface area contributed by atoms with Crippen molar-refractivity contribution in [2.24, 2.45) is 5.10 Å². The van der Waals surface area contributed by atoms with Gasteiger partial charge in [-0.2, -0.15) is 5.10 Å². The Morgan fingerprint density at radius 2 is 1.82 bits per heavy atom. The lowest BCUT2D eigenvalue weighted by atomic mass is 10.2. The Balaban J connectivity index is 2.00. The molecule has 0 aliphatic carbocycles. The third kappa shape index (κ3) is 4.34. The lowest BCUT2D eigenvalue weighted by Crippen LogP contribution is -2.24. The van der Waals surface area contributed by atoms with Gasteiger partial charge in [0.05, 0.1) is 29.1 Å². The molecule has 22 heavy (non-hydrogen) atoms. The van der Waals surface area contributed by atoms with Crippen molar-refractivity contribution in [3.63, 3.8) is 0 Å². The Kier molecular flexibility index (Phi) is 6.00. The SMILES string of the molecule is COc1ccccc1NC(=S)N/N=C\c1c(Cl)cccc1Cl. The second kappa shape index (κ2) is 7.98. The quantitative estimate of drug-likeness (QED) is 0.488. The zero-order valence-electron chi connectivity index (χ0n) is 11.6. The third-order valence-corrected chi connectivity index (χ3v) is 3.57. The third-order valence-electron chi connectivity index (χ3n) is 2.71. The van der Waals surface area contributed by atoms with Crippen molar-refractivity contribution < 1.29 is 4.74 Å². The molecule has 0 aromatic heterocycles. The van der Waals surface area contributed by atoms with Crippen LogP contribution < -0.4 is 15.5 Å². The van der Waals surface area contributed by atoms with Crippen molar-refractivity contribution in [1.82, 2.24) is 5.43 Å². The molecule has 0 fully saturated rings. The molecule has 4 nitrogen and oxygen atoms in total. The average Bonchev–Trinajstić information content (AvgIpc) is 2.51. The van der Waals surface area contributed by atoms with Crippen LogP contribution in [0.4, 0.5) is 5.69 Å². The Bertz CT molecular complexity index is 687. The first kappa shape index (κ1) is 16.5. The van der Waals surface area contributed by atoms with Crippen LogP contribution >= 0.6 is 35.4 Å². The molecule has 0 aliphatic rings. The van der Waals surface area contributed by atoms with Crippen molar-refractivity contribution in [2.75, 3.05) is 12.4 Å². The van der Waals surface area contributed by atoms with Gasteiger partial charge in [0.15, 0.2) is 5.11 Å². The summed E-state index contributed by atoms with van der Waals surface area (Å²) in [7, 11) is 1.59. The molecule has 7 heteroatoms. The van der Waals surface area contributed by atoms with Gasteiger partial charge < -0.3 is 10.1 Å². The van der Waals surface area contributed by atoms with Crippen LogP contribution in [0.1, 0.15) is 5.56 Å². The van der Waals surface area contributed by atoms with E-state index >= 15 is 0 Å². The highest BCUT2D eigenvalue weighted by molar-refractivity contribution is 7.80. The molecule has 2 N–H and O–H groups in total. The van der Waals surface area contributed by atoms with Gasteiger partial charge in [-0.3, -0.25) is 5.43 Å². The summed E-state index contributed by atoms with van der Waals surface area (Å²) in [5.41, 5.74) is 4.07. The molecular formula is C15H13Cl2N3OS. The van der Waals surface area contributed by atoms with Crippen LogP contribution in [0.5, 0.6) is 5.75 Å². The summed E-state index contributed by atoms with van der Waals surface area (Å²) in [5, 5.41) is 8.37. The number of benzene rings is 2. The van der Waals surface area contributed by atoms with Crippen LogP contribution in [0, 0.1) is 0 Å². The van der Waals surface area contributed by atoms with E-state index in [-0.39, 0.29) is 0 Å². The predicted octanol–water partition coefficient (Wildman–Crippen LogP) is 4.32. The Morgan fingerprint density at radius 1 is 1.14 bits per heavy atom. The topological polar surface area (TPSA) is 45.6 Å². The molecule has 0 saturated carbocycles. The highest BCUT2D eigenvalue weighted by Gasteiger charge is 2.04. The summed E-state index contributed by atoms with van der Waals surface area (Å²) in [6, 6.07) is 12.7. The van der Waals surface area contributed by atoms with Crippen LogP contribution in [-0.2, 0) is 0 Å². The number of methoxy groups -OCH3 is 1. The maximum Gasteiger partial charge on any atom is 0.191 e. The summed E-state index contributed by atoms with van der Waals surface area (Å²) in [6.45, 7) is 0. The van der Waals surface area contributed by atoms with Gasteiger partial charge in [0.25, 0.3) is 0 Å². The number of hydrogen-bond acceptors (Lipinski definition) is 3. The number of para-hydroxylation sites is 2. The number of nitrogens with one attached hydrogen (secondary N) is 2. The van der Waals surface area contributed by atoms with E-state index in [2.05, 4.69) is 15.8 Å². The smallest absolute Gasteiger partial charge is 0.191 e. The molecular weight excluding hydrogens is 341 g/mol. The summed E-state index contributed by atoms with van der Waals surface area (Å²) >= 11 is 17.3. The van der Waals surface area contributed by atoms with Gasteiger partial charge in [-0.15, -0.1) is 0 Å². The number of anilines is 1. The van der Waals surface area contributed by atoms with E-state index in [1.807, 2.05) is 24.3 Å². The van der Waals surface area contributed by atoms with Crippen LogP contribution in [0.3, 0.4) is 0 Å². The Labute approximate surface area is 144 Å². The summed E-state index contributed by atoms with van der Waals surface area (Å²) in [6.07, 6.45) is 1.51. The first-order valence-corrected chi connectivity index (χ1v) is 7.45. The van der Waals surface area contributed by atoms with Crippen molar-refractivity contribution >= 4 is 52.4 Å². The molecule has 2 aromatic rings. The van der Waals surface area contributed by atoms with E-state index in [4.69, 9.17) is 40.2 Å². The minimum absolute atomic E-state index is 0.323. The minimum Gasteiger partial charge on any atom is -0.495 e. The van der Waals surface area contributed by atoms with Gasteiger partial charge in [-0.1, -0.05) is 41.4 Å². The van der Waals surface area contributed by atoms with Crippen LogP contribution in [0.25, 0.3) is 0 Å². The number of hydrazone groups is 1. The molecule has 2 rings (SSSR count). The molecule has 0 radical (unpaired) electrons. The zero-order chi connectivity index (χ0) is 15.9. The van der Waals surface area contributed by atoms with Crippen molar-refractivity contribution in [3.8, 4) is 5.75 Å². The lowest BCUT2D eigenvalue weighted by molar-refractivity contribution is 0.417. The molecule has 114 valence electrons. The number of halogens is 2. The van der Waals surface area contributed by atoms with Crippen LogP contribution in [0.2, 0.25) is 10.0 Å². The fourth-order valence-corrected chi connectivity index (χ4v) is 2.35. The first-order chi connectivity index (χ1) is 10.6. The summed E-state index contributed by atoms with van der Waals surface area (Å²) in [5.74, 6) is 0.685. The molecule has 2 aromatic carbocycles. The van der Waals surface area contributed by atoms with Gasteiger partial charge in [0.2, 0.25) is 0 Å². The van der Waals surface area contributed by atoms with Gasteiger partial charge in [-0.25, -0.2) is 0 Å². The predicted molar refractivity (Wildman–Crippen MR) is 96.4 cm³/mol. The molecule has 0 spiro atoms. The second-order valence-electron chi connectivity index (χ2n) is 4.16. The number of nitrogens with zero attached hydrogens (tertiary/aromatic N) is 1. The zero-order valence-corrected chi connectivity index (χ0v) is 14.0. The average molecular weight is 354 g/mol. The molecule has 0 atom stereocenters. The molecule has 0 amide bonds. The molecule has 0 heterocycles. The van der Waals surface area contributed by atoms with E-state index in [0.717, 1.165) is 5.69 Å². The van der Waals surface area contributed by atoms with Crippen molar-refractivity contribution in [2.45, 2.75) is 0 Å². The van der Waals surface area contributed by atoms with Gasteiger partial charge in [-0.05, 0) is 36.5 Å². The first-order valence-electron chi connectivity index (χ1n) is 6.29. The maximum atomic E-state index is 6.05. The van der Waals surface area contributed by atoms with E-state index < -0.39 is 0 Å². The Morgan fingerprint density at radius 3 is 2.50 bits per heavy atom. The van der Waals surface area contributed by atoms with Crippen molar-refractivity contribution in [1.29, 1.82) is 0 Å². The number of rotatable bonds is 4. The van der Waals surface area contributed by atoms with Crippen LogP contribution in [-0.4, -0.2) is 18.4 Å². The highest BCUT2D eigenvalue weighted by atomic mass is 35.5. The van der Waals surface area contributed by atoms with E-state index in [1.165, 1.54) is 6.21 Å². The minimum atomic E-state index is 0.323. The highest BCUT2D eigenvalue weighted by Crippen LogP contribution is 2.23. The normalized spacial score (nSPS) is 10.5. The van der Waals surface area contributed by atoms with Crippen molar-refractivity contribution in [3.05, 3.63) is 58.1 Å². The Hall–Kier alpha value is -1.82. The second-order valence-corrected chi connectivity index (χ2v) is 5.38. The van der Waals surface area contributed by atoms with E-state index in [0.29, 0.717) is 26.5 Å². The van der Waals surface area contributed by atoms with Gasteiger partial charge in [0, 0.05) is 5.56 Å². The number of thiocarbonyl (C=S) groups is 1. The number of ether oxygens (including phenoxy) is 1. The van der Waals surface area contributed by atoms with E-state index in [1.54, 1.807) is 25.3 Å². The molecule has 0 saturated heterocycles. The van der Waals surface area contributed by atoms with Gasteiger partial charge in [0.1, 0.15) is 5.75 Å². The summed E-state index contributed by atoms with van der Waals surface area (Å²) in [4.78, 5) is 0.